The van der Waals surface area contributed by atoms with Crippen molar-refractivity contribution in [3.63, 3.8) is 0 Å². The number of hydrogen-bond acceptors (Lipinski definition) is 4. The van der Waals surface area contributed by atoms with Gasteiger partial charge in [-0.25, -0.2) is 0 Å². The fourth-order valence-electron chi connectivity index (χ4n) is 3.63. The fraction of sp³-hybridized carbons (Fsp3) is 0.0800. The van der Waals surface area contributed by atoms with Crippen LogP contribution in [0.1, 0.15) is 22.6 Å². The summed E-state index contributed by atoms with van der Waals surface area (Å²) in [6.45, 7) is 0. The van der Waals surface area contributed by atoms with Gasteiger partial charge in [0.2, 0.25) is 5.91 Å². The largest absolute Gasteiger partial charge is 0.464 e. The van der Waals surface area contributed by atoms with E-state index in [4.69, 9.17) is 4.42 Å². The third-order valence-corrected chi connectivity index (χ3v) is 5.20. The Morgan fingerprint density at radius 2 is 1.80 bits per heavy atom. The van der Waals surface area contributed by atoms with Crippen LogP contribution in [-0.4, -0.2) is 17.1 Å². The maximum Gasteiger partial charge on any atom is 0.237 e. The summed E-state index contributed by atoms with van der Waals surface area (Å²) >= 11 is 0. The van der Waals surface area contributed by atoms with Crippen molar-refractivity contribution in [1.82, 2.24) is 4.98 Å². The maximum atomic E-state index is 12.5. The standard InChI is InChI=1S/C25H19N3O2/c29-25-22(21-8-5-19(15-23(21)28-25)24-2-1-13-30-24)16-27-20-6-3-17(4-7-20)14-18-9-11-26-12-10-18/h1-13,15-16,22H,14H2,(H,28,29). The Hall–Kier alpha value is -3.99. The molecule has 2 aromatic heterocycles. The molecule has 1 aliphatic rings. The number of aromatic nitrogens is 1. The van der Waals surface area contributed by atoms with Crippen LogP contribution in [0.5, 0.6) is 0 Å². The summed E-state index contributed by atoms with van der Waals surface area (Å²) in [7, 11) is 0. The van der Waals surface area contributed by atoms with Gasteiger partial charge in [-0.3, -0.25) is 14.8 Å². The first-order valence-corrected chi connectivity index (χ1v) is 9.77. The molecular weight excluding hydrogens is 374 g/mol. The average Bonchev–Trinajstić information content (AvgIpc) is 3.41. The van der Waals surface area contributed by atoms with E-state index in [2.05, 4.69) is 27.4 Å². The predicted molar refractivity (Wildman–Crippen MR) is 117 cm³/mol. The maximum absolute atomic E-state index is 12.5. The molecule has 1 unspecified atom stereocenters. The van der Waals surface area contributed by atoms with Crippen molar-refractivity contribution >= 4 is 23.5 Å². The molecule has 4 aromatic rings. The molecule has 5 heteroatoms. The van der Waals surface area contributed by atoms with Crippen LogP contribution in [0.15, 0.2) is 94.8 Å². The van der Waals surface area contributed by atoms with Crippen molar-refractivity contribution in [2.24, 2.45) is 4.99 Å². The highest BCUT2D eigenvalue weighted by Gasteiger charge is 2.29. The number of nitrogens with one attached hydrogen (secondary N) is 1. The Morgan fingerprint density at radius 3 is 2.57 bits per heavy atom. The Kier molecular flexibility index (Phi) is 4.69. The first-order chi connectivity index (χ1) is 14.8. The number of benzene rings is 2. The second-order valence-corrected chi connectivity index (χ2v) is 7.22. The fourth-order valence-corrected chi connectivity index (χ4v) is 3.63. The van der Waals surface area contributed by atoms with Gasteiger partial charge in [0.25, 0.3) is 0 Å². The lowest BCUT2D eigenvalue weighted by Gasteiger charge is -2.05. The molecule has 1 amide bonds. The number of aliphatic imine (C=N–C) groups is 1. The van der Waals surface area contributed by atoms with Gasteiger partial charge in [0, 0.05) is 29.9 Å². The molecule has 0 fully saturated rings. The van der Waals surface area contributed by atoms with Crippen molar-refractivity contribution in [3.05, 3.63) is 102 Å². The lowest BCUT2D eigenvalue weighted by atomic mass is 10.00. The van der Waals surface area contributed by atoms with E-state index >= 15 is 0 Å². The third kappa shape index (κ3) is 3.65. The minimum absolute atomic E-state index is 0.0698. The minimum atomic E-state index is -0.401. The van der Waals surface area contributed by atoms with Gasteiger partial charge >= 0.3 is 0 Å². The number of carbonyl (C=O) groups is 1. The highest BCUT2D eigenvalue weighted by molar-refractivity contribution is 6.13. The van der Waals surface area contributed by atoms with Gasteiger partial charge in [-0.1, -0.05) is 24.3 Å². The average molecular weight is 393 g/mol. The molecular formula is C25H19N3O2. The van der Waals surface area contributed by atoms with E-state index in [-0.39, 0.29) is 5.91 Å². The van der Waals surface area contributed by atoms with E-state index in [1.54, 1.807) is 24.9 Å². The highest BCUT2D eigenvalue weighted by Crippen LogP contribution is 2.35. The van der Waals surface area contributed by atoms with E-state index in [1.807, 2.05) is 54.6 Å². The number of fused-ring (bicyclic) bond motifs is 1. The quantitative estimate of drug-likeness (QED) is 0.464. The molecule has 5 rings (SSSR count). The second-order valence-electron chi connectivity index (χ2n) is 7.22. The Labute approximate surface area is 174 Å². The van der Waals surface area contributed by atoms with Crippen molar-refractivity contribution in [1.29, 1.82) is 0 Å². The molecule has 0 saturated carbocycles. The topological polar surface area (TPSA) is 67.5 Å². The van der Waals surface area contributed by atoms with E-state index in [0.717, 1.165) is 34.7 Å². The summed E-state index contributed by atoms with van der Waals surface area (Å²) < 4.78 is 5.44. The molecule has 0 radical (unpaired) electrons. The number of anilines is 1. The molecule has 3 heterocycles. The van der Waals surface area contributed by atoms with Crippen molar-refractivity contribution in [2.75, 3.05) is 5.32 Å². The number of carbonyl (C=O) groups excluding carboxylic acids is 1. The molecule has 1 aliphatic heterocycles. The number of amides is 1. The molecule has 0 spiro atoms. The number of pyridine rings is 1. The van der Waals surface area contributed by atoms with E-state index in [1.165, 1.54) is 11.1 Å². The highest BCUT2D eigenvalue weighted by atomic mass is 16.3. The predicted octanol–water partition coefficient (Wildman–Crippen LogP) is 5.37. The Morgan fingerprint density at radius 1 is 1.00 bits per heavy atom. The zero-order valence-corrected chi connectivity index (χ0v) is 16.2. The Bertz CT molecular complexity index is 1200. The molecule has 0 aliphatic carbocycles. The van der Waals surface area contributed by atoms with Crippen molar-refractivity contribution in [2.45, 2.75) is 12.3 Å². The SMILES string of the molecule is O=C1Nc2cc(-c3ccco3)ccc2C1C=Nc1ccc(Cc2ccncc2)cc1. The molecule has 0 saturated heterocycles. The van der Waals surface area contributed by atoms with Crippen LogP contribution in [0.3, 0.4) is 0 Å². The molecule has 1 N–H and O–H groups in total. The van der Waals surface area contributed by atoms with Gasteiger partial charge < -0.3 is 9.73 Å². The summed E-state index contributed by atoms with van der Waals surface area (Å²) in [4.78, 5) is 21.1. The van der Waals surface area contributed by atoms with Crippen molar-refractivity contribution < 1.29 is 9.21 Å². The summed E-state index contributed by atoms with van der Waals surface area (Å²) in [5, 5.41) is 2.95. The third-order valence-electron chi connectivity index (χ3n) is 5.20. The smallest absolute Gasteiger partial charge is 0.237 e. The van der Waals surface area contributed by atoms with E-state index in [0.29, 0.717) is 0 Å². The van der Waals surface area contributed by atoms with Gasteiger partial charge in [0.1, 0.15) is 11.7 Å². The monoisotopic (exact) mass is 393 g/mol. The van der Waals surface area contributed by atoms with Crippen LogP contribution < -0.4 is 5.32 Å². The zero-order valence-electron chi connectivity index (χ0n) is 16.2. The minimum Gasteiger partial charge on any atom is -0.464 e. The van der Waals surface area contributed by atoms with Gasteiger partial charge in [0.15, 0.2) is 0 Å². The van der Waals surface area contributed by atoms with Gasteiger partial charge in [0.05, 0.1) is 12.0 Å². The van der Waals surface area contributed by atoms with Crippen LogP contribution in [0.2, 0.25) is 0 Å². The number of nitrogens with zero attached hydrogens (tertiary/aromatic N) is 2. The molecule has 2 aromatic carbocycles. The summed E-state index contributed by atoms with van der Waals surface area (Å²) in [5.74, 6) is 0.304. The number of hydrogen-bond donors (Lipinski definition) is 1. The van der Waals surface area contributed by atoms with Crippen LogP contribution in [0.4, 0.5) is 11.4 Å². The van der Waals surface area contributed by atoms with E-state index < -0.39 is 5.92 Å². The van der Waals surface area contributed by atoms with Crippen LogP contribution in [-0.2, 0) is 11.2 Å². The first kappa shape index (κ1) is 18.1. The van der Waals surface area contributed by atoms with Gasteiger partial charge in [-0.15, -0.1) is 0 Å². The Balaban J connectivity index is 1.32. The lowest BCUT2D eigenvalue weighted by Crippen LogP contribution is -2.12. The first-order valence-electron chi connectivity index (χ1n) is 9.77. The summed E-state index contributed by atoms with van der Waals surface area (Å²) in [5.41, 5.74) is 5.90. The molecule has 0 bridgehead atoms. The van der Waals surface area contributed by atoms with Gasteiger partial charge in [-0.2, -0.15) is 0 Å². The number of rotatable bonds is 5. The zero-order chi connectivity index (χ0) is 20.3. The van der Waals surface area contributed by atoms with Crippen LogP contribution in [0.25, 0.3) is 11.3 Å². The second kappa shape index (κ2) is 7.79. The van der Waals surface area contributed by atoms with Crippen molar-refractivity contribution in [3.8, 4) is 11.3 Å². The summed E-state index contributed by atoms with van der Waals surface area (Å²) in [6, 6.07) is 21.7. The molecule has 30 heavy (non-hydrogen) atoms. The van der Waals surface area contributed by atoms with Crippen LogP contribution in [0, 0.1) is 0 Å². The van der Waals surface area contributed by atoms with E-state index in [9.17, 15) is 4.79 Å². The molecule has 1 atom stereocenters. The number of furan rings is 1. The molecule has 146 valence electrons. The summed E-state index contributed by atoms with van der Waals surface area (Å²) in [6.07, 6.45) is 7.81. The van der Waals surface area contributed by atoms with Gasteiger partial charge in [-0.05, 0) is 65.6 Å². The lowest BCUT2D eigenvalue weighted by molar-refractivity contribution is -0.115. The van der Waals surface area contributed by atoms with Crippen LogP contribution >= 0.6 is 0 Å². The normalized spacial score (nSPS) is 15.3. The molecule has 5 nitrogen and oxygen atoms in total.